The van der Waals surface area contributed by atoms with Gasteiger partial charge in [0.2, 0.25) is 0 Å². The number of hydrogen-bond acceptors (Lipinski definition) is 5. The maximum atomic E-state index is 12.6. The Bertz CT molecular complexity index is 885. The second kappa shape index (κ2) is 6.94. The Morgan fingerprint density at radius 3 is 2.68 bits per heavy atom. The number of carbonyl (C=O) groups excluding carboxylic acids is 1. The van der Waals surface area contributed by atoms with Gasteiger partial charge in [0.1, 0.15) is 0 Å². The number of benzene rings is 1. The van der Waals surface area contributed by atoms with Gasteiger partial charge in [-0.25, -0.2) is 0 Å². The molecule has 1 N–H and O–H groups in total. The van der Waals surface area contributed by atoms with Crippen LogP contribution in [0, 0.1) is 5.92 Å². The van der Waals surface area contributed by atoms with Gasteiger partial charge in [-0.15, -0.1) is 0 Å². The largest absolute Gasteiger partial charge is 0.379 e. The van der Waals surface area contributed by atoms with Crippen molar-refractivity contribution in [3.8, 4) is 0 Å². The maximum absolute atomic E-state index is 12.6. The van der Waals surface area contributed by atoms with Crippen molar-refractivity contribution < 1.29 is 9.53 Å². The molecule has 0 aliphatic carbocycles. The summed E-state index contributed by atoms with van der Waals surface area (Å²) in [6, 6.07) is 9.36. The highest BCUT2D eigenvalue weighted by Crippen LogP contribution is 2.20. The van der Waals surface area contributed by atoms with Gasteiger partial charge >= 0.3 is 0 Å². The smallest absolute Gasteiger partial charge is 0.251 e. The fraction of sp³-hybridized carbons (Fsp3) is 0.263. The standard InChI is InChI=1S/C19H18N4O2/c24-19(14-1-2-16-17(10-14)22-8-7-21-16)23-18-12-25-11-15(18)9-13-3-5-20-6-4-13/h1-8,10,15,18H,9,11-12H2,(H,23,24)/t15-,18+/m1/s1. The lowest BCUT2D eigenvalue weighted by atomic mass is 9.95. The first-order valence-electron chi connectivity index (χ1n) is 8.28. The summed E-state index contributed by atoms with van der Waals surface area (Å²) in [5.74, 6) is 0.148. The third-order valence-corrected chi connectivity index (χ3v) is 4.49. The minimum Gasteiger partial charge on any atom is -0.379 e. The maximum Gasteiger partial charge on any atom is 0.251 e. The van der Waals surface area contributed by atoms with E-state index in [0.29, 0.717) is 24.3 Å². The van der Waals surface area contributed by atoms with Gasteiger partial charge < -0.3 is 10.1 Å². The molecule has 2 aromatic heterocycles. The predicted molar refractivity (Wildman–Crippen MR) is 93.0 cm³/mol. The highest BCUT2D eigenvalue weighted by Gasteiger charge is 2.30. The lowest BCUT2D eigenvalue weighted by molar-refractivity contribution is 0.0925. The van der Waals surface area contributed by atoms with E-state index in [9.17, 15) is 4.79 Å². The summed E-state index contributed by atoms with van der Waals surface area (Å²) in [4.78, 5) is 25.1. The van der Waals surface area contributed by atoms with Crippen LogP contribution in [-0.2, 0) is 11.2 Å². The molecule has 126 valence electrons. The van der Waals surface area contributed by atoms with Crippen molar-refractivity contribution in [2.45, 2.75) is 12.5 Å². The third-order valence-electron chi connectivity index (χ3n) is 4.49. The highest BCUT2D eigenvalue weighted by atomic mass is 16.5. The zero-order valence-corrected chi connectivity index (χ0v) is 13.6. The normalized spacial score (nSPS) is 19.8. The van der Waals surface area contributed by atoms with Crippen LogP contribution in [0.15, 0.2) is 55.1 Å². The van der Waals surface area contributed by atoms with Crippen molar-refractivity contribution in [2.24, 2.45) is 5.92 Å². The Morgan fingerprint density at radius 2 is 1.84 bits per heavy atom. The summed E-state index contributed by atoms with van der Waals surface area (Å²) in [6.45, 7) is 1.19. The lowest BCUT2D eigenvalue weighted by Gasteiger charge is -2.19. The average molecular weight is 334 g/mol. The van der Waals surface area contributed by atoms with Crippen LogP contribution in [0.4, 0.5) is 0 Å². The monoisotopic (exact) mass is 334 g/mol. The fourth-order valence-corrected chi connectivity index (χ4v) is 3.14. The Morgan fingerprint density at radius 1 is 1.04 bits per heavy atom. The molecule has 1 amide bonds. The fourth-order valence-electron chi connectivity index (χ4n) is 3.14. The van der Waals surface area contributed by atoms with E-state index in [4.69, 9.17) is 4.74 Å². The molecule has 4 rings (SSSR count). The van der Waals surface area contributed by atoms with Crippen LogP contribution in [0.2, 0.25) is 0 Å². The minimum atomic E-state index is -0.109. The van der Waals surface area contributed by atoms with Gasteiger partial charge in [-0.3, -0.25) is 19.7 Å². The van der Waals surface area contributed by atoms with Crippen LogP contribution in [0.1, 0.15) is 15.9 Å². The number of rotatable bonds is 4. The Kier molecular flexibility index (Phi) is 4.35. The molecule has 2 atom stereocenters. The zero-order valence-electron chi connectivity index (χ0n) is 13.6. The number of carbonyl (C=O) groups is 1. The van der Waals surface area contributed by atoms with Gasteiger partial charge in [-0.2, -0.15) is 0 Å². The summed E-state index contributed by atoms with van der Waals surface area (Å²) in [7, 11) is 0. The second-order valence-corrected chi connectivity index (χ2v) is 6.20. The van der Waals surface area contributed by atoms with E-state index < -0.39 is 0 Å². The van der Waals surface area contributed by atoms with Crippen molar-refractivity contribution >= 4 is 16.9 Å². The predicted octanol–water partition coefficient (Wildman–Crippen LogP) is 2.01. The van der Waals surface area contributed by atoms with Crippen molar-refractivity contribution in [2.75, 3.05) is 13.2 Å². The van der Waals surface area contributed by atoms with Crippen LogP contribution in [0.3, 0.4) is 0 Å². The number of aromatic nitrogens is 3. The minimum absolute atomic E-state index is 0.00165. The summed E-state index contributed by atoms with van der Waals surface area (Å²) in [5, 5.41) is 3.10. The van der Waals surface area contributed by atoms with Crippen molar-refractivity contribution in [1.82, 2.24) is 20.3 Å². The van der Waals surface area contributed by atoms with Crippen LogP contribution in [-0.4, -0.2) is 40.1 Å². The number of pyridine rings is 1. The Labute approximate surface area is 145 Å². The van der Waals surface area contributed by atoms with Crippen molar-refractivity contribution in [1.29, 1.82) is 0 Å². The molecule has 6 heteroatoms. The van der Waals surface area contributed by atoms with Crippen molar-refractivity contribution in [3.05, 3.63) is 66.2 Å². The molecule has 6 nitrogen and oxygen atoms in total. The molecule has 25 heavy (non-hydrogen) atoms. The van der Waals surface area contributed by atoms with Crippen LogP contribution < -0.4 is 5.32 Å². The number of nitrogens with zero attached hydrogens (tertiary/aromatic N) is 3. The quantitative estimate of drug-likeness (QED) is 0.790. The highest BCUT2D eigenvalue weighted by molar-refractivity contribution is 5.97. The molecule has 0 radical (unpaired) electrons. The molecule has 1 aromatic carbocycles. The van der Waals surface area contributed by atoms with Crippen LogP contribution in [0.25, 0.3) is 11.0 Å². The summed E-state index contributed by atoms with van der Waals surface area (Å²) in [6.07, 6.45) is 7.70. The summed E-state index contributed by atoms with van der Waals surface area (Å²) < 4.78 is 5.60. The molecule has 0 bridgehead atoms. The number of fused-ring (bicyclic) bond motifs is 1. The van der Waals surface area contributed by atoms with Gasteiger partial charge in [-0.05, 0) is 42.3 Å². The summed E-state index contributed by atoms with van der Waals surface area (Å²) in [5.41, 5.74) is 3.28. The molecule has 1 saturated heterocycles. The third kappa shape index (κ3) is 3.49. The number of amides is 1. The second-order valence-electron chi connectivity index (χ2n) is 6.20. The van der Waals surface area contributed by atoms with Gasteiger partial charge in [0.05, 0.1) is 30.3 Å². The first-order valence-corrected chi connectivity index (χ1v) is 8.28. The molecule has 1 aliphatic rings. The topological polar surface area (TPSA) is 77.0 Å². The van der Waals surface area contributed by atoms with E-state index >= 15 is 0 Å². The molecular weight excluding hydrogens is 316 g/mol. The SMILES string of the molecule is O=C(N[C@H]1COC[C@H]1Cc1ccncc1)c1ccc2nccnc2c1. The molecule has 0 unspecified atom stereocenters. The van der Waals surface area contributed by atoms with E-state index in [0.717, 1.165) is 11.9 Å². The van der Waals surface area contributed by atoms with Gasteiger partial charge in [0.15, 0.2) is 0 Å². The number of hydrogen-bond donors (Lipinski definition) is 1. The molecule has 0 spiro atoms. The van der Waals surface area contributed by atoms with E-state index in [1.54, 1.807) is 36.9 Å². The molecule has 1 fully saturated rings. The molecule has 1 aliphatic heterocycles. The summed E-state index contributed by atoms with van der Waals surface area (Å²) >= 11 is 0. The molecule has 3 heterocycles. The van der Waals surface area contributed by atoms with Crippen LogP contribution >= 0.6 is 0 Å². The molecule has 0 saturated carbocycles. The Hall–Kier alpha value is -2.86. The first-order chi connectivity index (χ1) is 12.3. The van der Waals surface area contributed by atoms with E-state index in [1.807, 2.05) is 18.2 Å². The van der Waals surface area contributed by atoms with Crippen molar-refractivity contribution in [3.63, 3.8) is 0 Å². The van der Waals surface area contributed by atoms with E-state index in [2.05, 4.69) is 20.3 Å². The lowest BCUT2D eigenvalue weighted by Crippen LogP contribution is -2.40. The zero-order chi connectivity index (χ0) is 17.1. The van der Waals surface area contributed by atoms with Gasteiger partial charge in [0, 0.05) is 36.3 Å². The van der Waals surface area contributed by atoms with Crippen LogP contribution in [0.5, 0.6) is 0 Å². The van der Waals surface area contributed by atoms with E-state index in [1.165, 1.54) is 5.56 Å². The average Bonchev–Trinajstić information content (AvgIpc) is 3.08. The number of ether oxygens (including phenoxy) is 1. The van der Waals surface area contributed by atoms with Gasteiger partial charge in [-0.1, -0.05) is 0 Å². The molecule has 3 aromatic rings. The first kappa shape index (κ1) is 15.7. The van der Waals surface area contributed by atoms with Gasteiger partial charge in [0.25, 0.3) is 5.91 Å². The number of nitrogens with one attached hydrogen (secondary N) is 1. The Balaban J connectivity index is 1.47. The molecular formula is C19H18N4O2. The van der Waals surface area contributed by atoms with E-state index in [-0.39, 0.29) is 17.9 Å².